The van der Waals surface area contributed by atoms with E-state index >= 15 is 0 Å². The van der Waals surface area contributed by atoms with Crippen molar-refractivity contribution in [1.29, 1.82) is 0 Å². The molecule has 172 valence electrons. The minimum atomic E-state index is -0.297. The van der Waals surface area contributed by atoms with Crippen molar-refractivity contribution >= 4 is 24.0 Å². The Bertz CT molecular complexity index is 1010. The van der Waals surface area contributed by atoms with Gasteiger partial charge in [-0.2, -0.15) is 5.10 Å². The molecule has 10 heteroatoms. The molecule has 9 nitrogen and oxygen atoms in total. The smallest absolute Gasteiger partial charge is 0.410 e. The largest absolute Gasteiger partial charge is 0.451 e. The number of nitrogens with zero attached hydrogens (tertiary/aromatic N) is 5. The van der Waals surface area contributed by atoms with E-state index in [0.29, 0.717) is 24.7 Å². The van der Waals surface area contributed by atoms with Crippen LogP contribution in [-0.2, 0) is 22.6 Å². The molecule has 0 aliphatic carbocycles. The molecule has 1 amide bonds. The Hall–Kier alpha value is -2.62. The number of ether oxygens (including phenoxy) is 2. The van der Waals surface area contributed by atoms with Crippen molar-refractivity contribution in [2.45, 2.75) is 31.9 Å². The van der Waals surface area contributed by atoms with Crippen LogP contribution in [0.2, 0.25) is 0 Å². The first-order valence-corrected chi connectivity index (χ1v) is 10.8. The van der Waals surface area contributed by atoms with Crippen LogP contribution in [0, 0.1) is 0 Å². The van der Waals surface area contributed by atoms with E-state index < -0.39 is 0 Å². The van der Waals surface area contributed by atoms with Crippen LogP contribution in [0.4, 0.5) is 4.79 Å². The summed E-state index contributed by atoms with van der Waals surface area (Å²) < 4.78 is 17.7. The number of carbonyl (C=O) groups is 1. The summed E-state index contributed by atoms with van der Waals surface area (Å²) in [7, 11) is 0. The van der Waals surface area contributed by atoms with Crippen LogP contribution in [0.3, 0.4) is 0 Å². The van der Waals surface area contributed by atoms with Gasteiger partial charge in [-0.25, -0.2) is 14.3 Å². The molecular formula is C22H28ClN5O4. The van der Waals surface area contributed by atoms with E-state index in [0.717, 1.165) is 51.2 Å². The fourth-order valence-corrected chi connectivity index (χ4v) is 4.38. The number of carbonyl (C=O) groups excluding carboxylic acids is 1. The molecule has 3 aromatic rings. The maximum atomic E-state index is 12.3. The molecule has 0 N–H and O–H groups in total. The van der Waals surface area contributed by atoms with Gasteiger partial charge in [-0.1, -0.05) is 6.07 Å². The zero-order valence-electron chi connectivity index (χ0n) is 17.9. The number of amides is 1. The molecule has 2 aliphatic rings. The highest BCUT2D eigenvalue weighted by atomic mass is 35.5. The monoisotopic (exact) mass is 461 g/mol. The quantitative estimate of drug-likeness (QED) is 0.577. The second-order valence-corrected chi connectivity index (χ2v) is 8.15. The van der Waals surface area contributed by atoms with Gasteiger partial charge in [-0.3, -0.25) is 4.90 Å². The number of likely N-dealkylation sites (tertiary alicyclic amines) is 1. The van der Waals surface area contributed by atoms with Crippen LogP contribution in [0.25, 0.3) is 5.52 Å². The summed E-state index contributed by atoms with van der Waals surface area (Å²) in [5.41, 5.74) is 4.28. The van der Waals surface area contributed by atoms with Crippen molar-refractivity contribution in [3.8, 4) is 0 Å². The number of aromatic nitrogens is 3. The average molecular weight is 462 g/mol. The molecule has 2 aliphatic heterocycles. The third-order valence-corrected chi connectivity index (χ3v) is 6.14. The van der Waals surface area contributed by atoms with Crippen LogP contribution < -0.4 is 0 Å². The standard InChI is InChI=1S/C22H27N5O4.ClH/c28-22(31-15-19-14-30-16-23-19)26-5-3-18(4-6-26)20-11-24-27-13-17(1-2-21(20)27)12-25-7-9-29-10-8-25;/h1-2,11,13-14,16,18H,3-10,12,15H2;1H. The summed E-state index contributed by atoms with van der Waals surface area (Å²) in [6.07, 6.45) is 8.43. The lowest BCUT2D eigenvalue weighted by Gasteiger charge is -2.31. The Balaban J connectivity index is 0.00000245. The highest BCUT2D eigenvalue weighted by Gasteiger charge is 2.26. The van der Waals surface area contributed by atoms with Crippen LogP contribution >= 0.6 is 12.4 Å². The third kappa shape index (κ3) is 5.06. The van der Waals surface area contributed by atoms with Crippen LogP contribution in [-0.4, -0.2) is 69.9 Å². The van der Waals surface area contributed by atoms with Gasteiger partial charge in [0.25, 0.3) is 0 Å². The minimum absolute atomic E-state index is 0. The van der Waals surface area contributed by atoms with Gasteiger partial charge in [0.2, 0.25) is 0 Å². The SMILES string of the molecule is Cl.O=C(OCc1cocn1)N1CCC(c2cnn3cc(CN4CCOCC4)ccc23)CC1. The van der Waals surface area contributed by atoms with Gasteiger partial charge in [0, 0.05) is 44.5 Å². The van der Waals surface area contributed by atoms with E-state index in [1.807, 2.05) is 10.7 Å². The molecule has 5 rings (SSSR count). The molecule has 0 radical (unpaired) electrons. The highest BCUT2D eigenvalue weighted by molar-refractivity contribution is 5.85. The van der Waals surface area contributed by atoms with Crippen molar-refractivity contribution < 1.29 is 18.7 Å². The van der Waals surface area contributed by atoms with Crippen molar-refractivity contribution in [3.05, 3.63) is 54.0 Å². The molecule has 0 atom stereocenters. The summed E-state index contributed by atoms with van der Waals surface area (Å²) in [4.78, 5) is 20.5. The number of fused-ring (bicyclic) bond motifs is 1. The number of rotatable bonds is 5. The Morgan fingerprint density at radius 1 is 1.16 bits per heavy atom. The molecular weight excluding hydrogens is 434 g/mol. The number of halogens is 1. The van der Waals surface area contributed by atoms with Crippen molar-refractivity contribution in [1.82, 2.24) is 24.4 Å². The molecule has 3 aromatic heterocycles. The molecule has 0 spiro atoms. The molecule has 2 fully saturated rings. The fraction of sp³-hybridized carbons (Fsp3) is 0.500. The zero-order chi connectivity index (χ0) is 21.0. The molecule has 0 saturated carbocycles. The lowest BCUT2D eigenvalue weighted by Crippen LogP contribution is -2.38. The predicted molar refractivity (Wildman–Crippen MR) is 119 cm³/mol. The summed E-state index contributed by atoms with van der Waals surface area (Å²) in [6, 6.07) is 4.38. The van der Waals surface area contributed by atoms with Crippen molar-refractivity contribution in [2.24, 2.45) is 0 Å². The number of piperidine rings is 1. The van der Waals surface area contributed by atoms with Gasteiger partial charge in [0.15, 0.2) is 6.39 Å². The lowest BCUT2D eigenvalue weighted by molar-refractivity contribution is 0.0341. The molecule has 0 aromatic carbocycles. The molecule has 32 heavy (non-hydrogen) atoms. The van der Waals surface area contributed by atoms with E-state index in [2.05, 4.69) is 33.3 Å². The Morgan fingerprint density at radius 2 is 1.97 bits per heavy atom. The topological polar surface area (TPSA) is 85.3 Å². The molecule has 0 unspecified atom stereocenters. The average Bonchev–Trinajstić information content (AvgIpc) is 3.48. The maximum Gasteiger partial charge on any atom is 0.410 e. The number of hydrogen-bond acceptors (Lipinski definition) is 7. The minimum Gasteiger partial charge on any atom is -0.451 e. The number of pyridine rings is 1. The van der Waals surface area contributed by atoms with Crippen molar-refractivity contribution in [3.63, 3.8) is 0 Å². The Kier molecular flexibility index (Phi) is 7.29. The second-order valence-electron chi connectivity index (χ2n) is 8.15. The normalized spacial score (nSPS) is 17.9. The van der Waals surface area contributed by atoms with E-state index in [4.69, 9.17) is 13.9 Å². The van der Waals surface area contributed by atoms with Gasteiger partial charge in [0.1, 0.15) is 18.6 Å². The van der Waals surface area contributed by atoms with Crippen molar-refractivity contribution in [2.75, 3.05) is 39.4 Å². The van der Waals surface area contributed by atoms with Crippen LogP contribution in [0.5, 0.6) is 0 Å². The summed E-state index contributed by atoms with van der Waals surface area (Å²) in [5.74, 6) is 0.391. The first-order chi connectivity index (χ1) is 15.3. The molecule has 5 heterocycles. The van der Waals surface area contributed by atoms with Gasteiger partial charge < -0.3 is 18.8 Å². The van der Waals surface area contributed by atoms with Gasteiger partial charge >= 0.3 is 6.09 Å². The van der Waals surface area contributed by atoms with E-state index in [-0.39, 0.29) is 25.1 Å². The second kappa shape index (κ2) is 10.3. The van der Waals surface area contributed by atoms with E-state index in [9.17, 15) is 4.79 Å². The Morgan fingerprint density at radius 3 is 2.72 bits per heavy atom. The summed E-state index contributed by atoms with van der Waals surface area (Å²) in [6.45, 7) is 5.97. The first-order valence-electron chi connectivity index (χ1n) is 10.8. The third-order valence-electron chi connectivity index (χ3n) is 6.14. The summed E-state index contributed by atoms with van der Waals surface area (Å²) >= 11 is 0. The fourth-order valence-electron chi connectivity index (χ4n) is 4.38. The van der Waals surface area contributed by atoms with E-state index in [1.165, 1.54) is 23.8 Å². The van der Waals surface area contributed by atoms with Gasteiger partial charge in [-0.15, -0.1) is 12.4 Å². The lowest BCUT2D eigenvalue weighted by atomic mass is 9.90. The Labute approximate surface area is 192 Å². The molecule has 2 saturated heterocycles. The number of morpholine rings is 1. The summed E-state index contributed by atoms with van der Waals surface area (Å²) in [5, 5.41) is 4.61. The van der Waals surface area contributed by atoms with Crippen LogP contribution in [0.1, 0.15) is 35.6 Å². The van der Waals surface area contributed by atoms with E-state index in [1.54, 1.807) is 4.90 Å². The molecule has 0 bridgehead atoms. The maximum absolute atomic E-state index is 12.3. The number of oxazole rings is 1. The van der Waals surface area contributed by atoms with Crippen LogP contribution in [0.15, 0.2) is 41.6 Å². The zero-order valence-corrected chi connectivity index (χ0v) is 18.7. The highest BCUT2D eigenvalue weighted by Crippen LogP contribution is 2.31. The van der Waals surface area contributed by atoms with Gasteiger partial charge in [-0.05, 0) is 30.4 Å². The number of hydrogen-bond donors (Lipinski definition) is 0. The first kappa shape index (κ1) is 22.6. The predicted octanol–water partition coefficient (Wildman–Crippen LogP) is 3.09. The van der Waals surface area contributed by atoms with Gasteiger partial charge in [0.05, 0.1) is 24.9 Å².